The number of nitrogens with zero attached hydrogens (tertiary/aromatic N) is 1. The average Bonchev–Trinajstić information content (AvgIpc) is 3.24. The lowest BCUT2D eigenvalue weighted by molar-refractivity contribution is 1.30. The van der Waals surface area contributed by atoms with Crippen molar-refractivity contribution in [3.05, 3.63) is 212 Å². The number of hydrogen-bond donors (Lipinski definition) is 0. The zero-order valence-electron chi connectivity index (χ0n) is 29.2. The molecule has 10 aromatic rings. The summed E-state index contributed by atoms with van der Waals surface area (Å²) in [5, 5.41) is 10.1. The molecule has 0 heterocycles. The fraction of sp³-hybridized carbons (Fsp3) is 0. The van der Waals surface area contributed by atoms with Crippen molar-refractivity contribution < 1.29 is 0 Å². The molecule has 0 saturated heterocycles. The van der Waals surface area contributed by atoms with E-state index in [4.69, 9.17) is 0 Å². The summed E-state index contributed by atoms with van der Waals surface area (Å²) in [6, 6.07) is 77.2. The second-order valence-electron chi connectivity index (χ2n) is 13.7. The Bertz CT molecular complexity index is 2930. The molecule has 0 unspecified atom stereocenters. The van der Waals surface area contributed by atoms with Gasteiger partial charge < -0.3 is 4.90 Å². The number of rotatable bonds is 6. The number of hydrogen-bond acceptors (Lipinski definition) is 1. The lowest BCUT2D eigenvalue weighted by Gasteiger charge is -2.28. The topological polar surface area (TPSA) is 3.24 Å². The monoisotopic (exact) mass is 673 g/mol. The standard InChI is InChI=1S/C52H35N/c1-3-12-36(13-4-1)37-22-24-38(25-23-37)41-15-11-18-45(35-41)53(44-16-5-2-6-17-44)51-33-32-46(49-20-9-10-21-50(49)51)42-30-31-48-43(34-42)29-28-40-27-26-39-14-7-8-19-47(39)52(40)48/h1-35H. The van der Waals surface area contributed by atoms with Crippen molar-refractivity contribution in [3.63, 3.8) is 0 Å². The van der Waals surface area contributed by atoms with Crippen LogP contribution >= 0.6 is 0 Å². The molecule has 0 aromatic heterocycles. The lowest BCUT2D eigenvalue weighted by atomic mass is 9.92. The third-order valence-electron chi connectivity index (χ3n) is 10.6. The summed E-state index contributed by atoms with van der Waals surface area (Å²) in [5.41, 5.74) is 10.6. The van der Waals surface area contributed by atoms with E-state index < -0.39 is 0 Å². The largest absolute Gasteiger partial charge is 0.310 e. The minimum absolute atomic E-state index is 1.11. The highest BCUT2D eigenvalue weighted by Gasteiger charge is 2.18. The molecule has 10 rings (SSSR count). The van der Waals surface area contributed by atoms with Crippen LogP contribution in [-0.2, 0) is 0 Å². The molecule has 53 heavy (non-hydrogen) atoms. The first kappa shape index (κ1) is 30.8. The Morgan fingerprint density at radius 3 is 1.60 bits per heavy atom. The molecule has 10 aromatic carbocycles. The van der Waals surface area contributed by atoms with Crippen LogP contribution in [0.4, 0.5) is 17.1 Å². The highest BCUT2D eigenvalue weighted by atomic mass is 15.1. The van der Waals surface area contributed by atoms with Gasteiger partial charge >= 0.3 is 0 Å². The van der Waals surface area contributed by atoms with Crippen LogP contribution in [0.2, 0.25) is 0 Å². The van der Waals surface area contributed by atoms with Gasteiger partial charge in [0.15, 0.2) is 0 Å². The summed E-state index contributed by atoms with van der Waals surface area (Å²) >= 11 is 0. The molecular formula is C52H35N. The average molecular weight is 674 g/mol. The first-order valence-corrected chi connectivity index (χ1v) is 18.3. The second kappa shape index (κ2) is 13.0. The number of para-hydroxylation sites is 1. The van der Waals surface area contributed by atoms with Crippen LogP contribution in [-0.4, -0.2) is 0 Å². The molecule has 0 bridgehead atoms. The minimum Gasteiger partial charge on any atom is -0.310 e. The smallest absolute Gasteiger partial charge is 0.0540 e. The second-order valence-corrected chi connectivity index (χ2v) is 13.7. The van der Waals surface area contributed by atoms with Gasteiger partial charge in [-0.15, -0.1) is 0 Å². The van der Waals surface area contributed by atoms with Gasteiger partial charge in [-0.1, -0.05) is 176 Å². The summed E-state index contributed by atoms with van der Waals surface area (Å²) in [7, 11) is 0. The van der Waals surface area contributed by atoms with Gasteiger partial charge in [-0.05, 0) is 107 Å². The molecule has 0 N–H and O–H groups in total. The molecule has 0 fully saturated rings. The third-order valence-corrected chi connectivity index (χ3v) is 10.6. The molecule has 1 heteroatoms. The van der Waals surface area contributed by atoms with Crippen LogP contribution in [0.1, 0.15) is 0 Å². The molecule has 0 saturated carbocycles. The first-order chi connectivity index (χ1) is 26.3. The molecule has 0 aliphatic carbocycles. The molecule has 0 amide bonds. The van der Waals surface area contributed by atoms with Gasteiger partial charge in [-0.2, -0.15) is 0 Å². The van der Waals surface area contributed by atoms with Crippen molar-refractivity contribution in [1.82, 2.24) is 0 Å². The molecule has 1 nitrogen and oxygen atoms in total. The predicted octanol–water partition coefficient (Wildman–Crippen LogP) is 14.8. The Morgan fingerprint density at radius 2 is 0.811 bits per heavy atom. The highest BCUT2D eigenvalue weighted by molar-refractivity contribution is 6.20. The van der Waals surface area contributed by atoms with Crippen molar-refractivity contribution in [1.29, 1.82) is 0 Å². The van der Waals surface area contributed by atoms with E-state index in [1.165, 1.54) is 76.5 Å². The molecular weight excluding hydrogens is 639 g/mol. The molecule has 0 aliphatic rings. The zero-order valence-corrected chi connectivity index (χ0v) is 29.2. The number of fused-ring (bicyclic) bond motifs is 6. The van der Waals surface area contributed by atoms with Gasteiger partial charge in [0.25, 0.3) is 0 Å². The van der Waals surface area contributed by atoms with Crippen molar-refractivity contribution in [2.24, 2.45) is 0 Å². The summed E-state index contributed by atoms with van der Waals surface area (Å²) < 4.78 is 0. The normalized spacial score (nSPS) is 11.4. The maximum Gasteiger partial charge on any atom is 0.0540 e. The first-order valence-electron chi connectivity index (χ1n) is 18.3. The molecule has 0 aliphatic heterocycles. The van der Waals surface area contributed by atoms with Gasteiger partial charge in [-0.25, -0.2) is 0 Å². The molecule has 0 atom stereocenters. The van der Waals surface area contributed by atoms with Crippen molar-refractivity contribution in [2.75, 3.05) is 4.90 Å². The summed E-state index contributed by atoms with van der Waals surface area (Å²) in [5.74, 6) is 0. The fourth-order valence-corrected chi connectivity index (χ4v) is 8.05. The minimum atomic E-state index is 1.11. The Balaban J connectivity index is 1.09. The maximum atomic E-state index is 2.39. The van der Waals surface area contributed by atoms with E-state index in [1.807, 2.05) is 0 Å². The van der Waals surface area contributed by atoms with Crippen LogP contribution < -0.4 is 4.90 Å². The van der Waals surface area contributed by atoms with Crippen LogP contribution in [0, 0.1) is 0 Å². The SMILES string of the molecule is c1ccc(-c2ccc(-c3cccc(N(c4ccccc4)c4ccc(-c5ccc6c(ccc7ccc8ccccc8c76)c5)c5ccccc45)c3)cc2)cc1. The Kier molecular flexibility index (Phi) is 7.55. The van der Waals surface area contributed by atoms with Crippen LogP contribution in [0.3, 0.4) is 0 Å². The van der Waals surface area contributed by atoms with E-state index >= 15 is 0 Å². The Hall–Kier alpha value is -6.96. The Labute approximate surface area is 309 Å². The highest BCUT2D eigenvalue weighted by Crippen LogP contribution is 2.43. The van der Waals surface area contributed by atoms with E-state index in [-0.39, 0.29) is 0 Å². The van der Waals surface area contributed by atoms with Crippen molar-refractivity contribution in [3.8, 4) is 33.4 Å². The van der Waals surface area contributed by atoms with Gasteiger partial charge in [-0.3, -0.25) is 0 Å². The summed E-state index contributed by atoms with van der Waals surface area (Å²) in [6.07, 6.45) is 0. The number of benzene rings is 10. The van der Waals surface area contributed by atoms with Gasteiger partial charge in [0, 0.05) is 16.8 Å². The maximum absolute atomic E-state index is 2.39. The van der Waals surface area contributed by atoms with E-state index in [9.17, 15) is 0 Å². The van der Waals surface area contributed by atoms with Gasteiger partial charge in [0.05, 0.1) is 5.69 Å². The summed E-state index contributed by atoms with van der Waals surface area (Å²) in [4.78, 5) is 2.39. The van der Waals surface area contributed by atoms with E-state index in [0.717, 1.165) is 17.1 Å². The Morgan fingerprint density at radius 1 is 0.264 bits per heavy atom. The van der Waals surface area contributed by atoms with Crippen LogP contribution in [0.5, 0.6) is 0 Å². The molecule has 0 radical (unpaired) electrons. The molecule has 248 valence electrons. The lowest BCUT2D eigenvalue weighted by Crippen LogP contribution is -2.10. The van der Waals surface area contributed by atoms with Crippen LogP contribution in [0.25, 0.3) is 76.5 Å². The van der Waals surface area contributed by atoms with E-state index in [1.54, 1.807) is 0 Å². The fourth-order valence-electron chi connectivity index (χ4n) is 8.05. The van der Waals surface area contributed by atoms with E-state index in [0.29, 0.717) is 0 Å². The number of anilines is 3. The third kappa shape index (κ3) is 5.51. The molecule has 0 spiro atoms. The summed E-state index contributed by atoms with van der Waals surface area (Å²) in [6.45, 7) is 0. The van der Waals surface area contributed by atoms with E-state index in [2.05, 4.69) is 217 Å². The van der Waals surface area contributed by atoms with Crippen molar-refractivity contribution >= 4 is 60.2 Å². The van der Waals surface area contributed by atoms with Gasteiger partial charge in [0.2, 0.25) is 0 Å². The van der Waals surface area contributed by atoms with Crippen LogP contribution in [0.15, 0.2) is 212 Å². The van der Waals surface area contributed by atoms with Crippen molar-refractivity contribution in [2.45, 2.75) is 0 Å². The zero-order chi connectivity index (χ0) is 35.1. The van der Waals surface area contributed by atoms with Gasteiger partial charge in [0.1, 0.15) is 0 Å². The quantitative estimate of drug-likeness (QED) is 0.159. The predicted molar refractivity (Wildman–Crippen MR) is 227 cm³/mol.